The highest BCUT2D eigenvalue weighted by Gasteiger charge is 2.94. The molecule has 1 aromatic rings. The van der Waals surface area contributed by atoms with Crippen molar-refractivity contribution in [2.45, 2.75) is 38.0 Å². The van der Waals surface area contributed by atoms with Crippen LogP contribution in [0, 0.1) is 33.5 Å². The number of nitrogens with two attached hydrogens (primary N) is 1. The van der Waals surface area contributed by atoms with E-state index in [1.165, 1.54) is 5.56 Å². The molecule has 1 aromatic carbocycles. The minimum atomic E-state index is -1.46. The topological polar surface area (TPSA) is 104 Å². The molecule has 3 aliphatic rings. The van der Waals surface area contributed by atoms with Crippen LogP contribution >= 0.6 is 0 Å². The first-order valence-electron chi connectivity index (χ1n) is 8.36. The van der Waals surface area contributed by atoms with Gasteiger partial charge in [-0.25, -0.2) is 4.99 Å². The van der Waals surface area contributed by atoms with Gasteiger partial charge in [0.05, 0.1) is 25.4 Å². The van der Waals surface area contributed by atoms with E-state index in [9.17, 15) is 10.5 Å². The van der Waals surface area contributed by atoms with Gasteiger partial charge >= 0.3 is 0 Å². The minimum absolute atomic E-state index is 0.0250. The Hall–Kier alpha value is -2.41. The molecule has 6 heteroatoms. The maximum absolute atomic E-state index is 10.0. The standard InChI is InChI=1S/C19H20N4O2/c1-16(2,3)13-6-4-12(5-7-13)14-17(10-20)15(22)23-19(18(14,17)11-21)24-8-9-25-19/h4-7,14H,8-9H2,1-3H3,(H2,22,23). The van der Waals surface area contributed by atoms with Crippen molar-refractivity contribution in [1.29, 1.82) is 10.5 Å². The number of nitrogens with zero attached hydrogens (tertiary/aromatic N) is 3. The van der Waals surface area contributed by atoms with Gasteiger partial charge < -0.3 is 15.2 Å². The van der Waals surface area contributed by atoms with Crippen LogP contribution in [-0.2, 0) is 14.9 Å². The Labute approximate surface area is 146 Å². The summed E-state index contributed by atoms with van der Waals surface area (Å²) in [5.41, 5.74) is 5.78. The van der Waals surface area contributed by atoms with Crippen LogP contribution in [0.1, 0.15) is 37.8 Å². The number of fused-ring (bicyclic) bond motifs is 2. The van der Waals surface area contributed by atoms with Crippen LogP contribution in [0.4, 0.5) is 0 Å². The molecule has 0 bridgehead atoms. The predicted octanol–water partition coefficient (Wildman–Crippen LogP) is 2.17. The fourth-order valence-corrected chi connectivity index (χ4v) is 4.39. The smallest absolute Gasteiger partial charge is 0.293 e. The fourth-order valence-electron chi connectivity index (χ4n) is 4.39. The third-order valence-electron chi connectivity index (χ3n) is 5.72. The second-order valence-corrected chi connectivity index (χ2v) is 7.92. The van der Waals surface area contributed by atoms with Crippen molar-refractivity contribution < 1.29 is 9.47 Å². The van der Waals surface area contributed by atoms with E-state index < -0.39 is 22.7 Å². The molecule has 25 heavy (non-hydrogen) atoms. The number of amidine groups is 1. The molecule has 3 atom stereocenters. The summed E-state index contributed by atoms with van der Waals surface area (Å²) in [4.78, 5) is 4.27. The van der Waals surface area contributed by atoms with Gasteiger partial charge in [0.15, 0.2) is 5.41 Å². The molecule has 1 spiro atoms. The number of rotatable bonds is 1. The molecular weight excluding hydrogens is 316 g/mol. The monoisotopic (exact) mass is 336 g/mol. The lowest BCUT2D eigenvalue weighted by molar-refractivity contribution is -0.184. The maximum atomic E-state index is 10.0. The van der Waals surface area contributed by atoms with Gasteiger partial charge in [0.2, 0.25) is 0 Å². The lowest BCUT2D eigenvalue weighted by atomic mass is 9.86. The SMILES string of the molecule is CC(C)(C)c1ccc(C2C3(C#N)C(N)=NC4(OCCO4)C23C#N)cc1. The molecule has 1 saturated carbocycles. The van der Waals surface area contributed by atoms with Gasteiger partial charge in [-0.15, -0.1) is 0 Å². The van der Waals surface area contributed by atoms with E-state index in [1.807, 2.05) is 24.3 Å². The summed E-state index contributed by atoms with van der Waals surface area (Å²) in [6, 6.07) is 12.6. The minimum Gasteiger partial charge on any atom is -0.386 e. The molecule has 2 aliphatic heterocycles. The van der Waals surface area contributed by atoms with Crippen LogP contribution in [0.15, 0.2) is 29.3 Å². The van der Waals surface area contributed by atoms with Crippen molar-refractivity contribution in [3.63, 3.8) is 0 Å². The summed E-state index contributed by atoms with van der Waals surface area (Å²) in [5, 5.41) is 20.0. The lowest BCUT2D eigenvalue weighted by Crippen LogP contribution is -2.38. The fraction of sp³-hybridized carbons (Fsp3) is 0.526. The average Bonchev–Trinajstić information content (AvgIpc) is 2.83. The van der Waals surface area contributed by atoms with Gasteiger partial charge in [-0.05, 0) is 16.5 Å². The van der Waals surface area contributed by atoms with Crippen LogP contribution in [0.5, 0.6) is 0 Å². The molecule has 128 valence electrons. The summed E-state index contributed by atoms with van der Waals surface area (Å²) in [7, 11) is 0. The van der Waals surface area contributed by atoms with E-state index in [1.54, 1.807) is 0 Å². The summed E-state index contributed by atoms with van der Waals surface area (Å²) in [5.74, 6) is -1.75. The van der Waals surface area contributed by atoms with E-state index >= 15 is 0 Å². The van der Waals surface area contributed by atoms with Crippen LogP contribution in [0.3, 0.4) is 0 Å². The number of ether oxygens (including phenoxy) is 2. The summed E-state index contributed by atoms with van der Waals surface area (Å²) in [6.45, 7) is 7.08. The van der Waals surface area contributed by atoms with Crippen molar-refractivity contribution in [1.82, 2.24) is 0 Å². The molecule has 0 amide bonds. The average molecular weight is 336 g/mol. The van der Waals surface area contributed by atoms with Gasteiger partial charge in [-0.1, -0.05) is 45.0 Å². The first-order chi connectivity index (χ1) is 11.8. The van der Waals surface area contributed by atoms with Gasteiger partial charge in [0, 0.05) is 5.92 Å². The summed E-state index contributed by atoms with van der Waals surface area (Å²) < 4.78 is 11.4. The molecule has 3 unspecified atom stereocenters. The number of benzene rings is 1. The quantitative estimate of drug-likeness (QED) is 0.846. The molecule has 1 aliphatic carbocycles. The molecule has 4 rings (SSSR count). The number of hydrogen-bond acceptors (Lipinski definition) is 6. The summed E-state index contributed by atoms with van der Waals surface area (Å²) in [6.07, 6.45) is 0. The molecule has 6 nitrogen and oxygen atoms in total. The number of aliphatic imine (C=N–C) groups is 1. The van der Waals surface area contributed by atoms with Crippen LogP contribution in [0.25, 0.3) is 0 Å². The lowest BCUT2D eigenvalue weighted by Gasteiger charge is -2.26. The Morgan fingerprint density at radius 2 is 1.72 bits per heavy atom. The largest absolute Gasteiger partial charge is 0.386 e. The van der Waals surface area contributed by atoms with Gasteiger partial charge in [-0.2, -0.15) is 10.5 Å². The Bertz CT molecular complexity index is 849. The van der Waals surface area contributed by atoms with Crippen molar-refractivity contribution in [3.05, 3.63) is 35.4 Å². The van der Waals surface area contributed by atoms with Gasteiger partial charge in [0.25, 0.3) is 5.91 Å². The zero-order valence-electron chi connectivity index (χ0n) is 14.5. The first kappa shape index (κ1) is 16.1. The van der Waals surface area contributed by atoms with Crippen molar-refractivity contribution in [2.75, 3.05) is 13.2 Å². The molecule has 1 saturated heterocycles. The predicted molar refractivity (Wildman–Crippen MR) is 90.2 cm³/mol. The molecule has 2 heterocycles. The third-order valence-corrected chi connectivity index (χ3v) is 5.72. The van der Waals surface area contributed by atoms with Crippen molar-refractivity contribution in [2.24, 2.45) is 21.6 Å². The van der Waals surface area contributed by atoms with Crippen LogP contribution in [-0.4, -0.2) is 25.0 Å². The van der Waals surface area contributed by atoms with Crippen molar-refractivity contribution in [3.8, 4) is 12.1 Å². The number of nitriles is 2. The number of hydrogen-bond donors (Lipinski definition) is 1. The maximum Gasteiger partial charge on any atom is 0.293 e. The van der Waals surface area contributed by atoms with Crippen molar-refractivity contribution >= 4 is 5.84 Å². The molecule has 2 N–H and O–H groups in total. The Kier molecular flexibility index (Phi) is 2.96. The Balaban J connectivity index is 1.83. The highest BCUT2D eigenvalue weighted by atomic mass is 16.8. The Morgan fingerprint density at radius 1 is 1.12 bits per heavy atom. The highest BCUT2D eigenvalue weighted by Crippen LogP contribution is 2.82. The Morgan fingerprint density at radius 3 is 2.20 bits per heavy atom. The van der Waals surface area contributed by atoms with E-state index in [-0.39, 0.29) is 11.3 Å². The second-order valence-electron chi connectivity index (χ2n) is 7.92. The van der Waals surface area contributed by atoms with Crippen LogP contribution < -0.4 is 5.73 Å². The van der Waals surface area contributed by atoms with E-state index in [0.29, 0.717) is 13.2 Å². The third kappa shape index (κ3) is 1.62. The summed E-state index contributed by atoms with van der Waals surface area (Å²) >= 11 is 0. The van der Waals surface area contributed by atoms with Crippen LogP contribution in [0.2, 0.25) is 0 Å². The highest BCUT2D eigenvalue weighted by molar-refractivity contribution is 6.00. The van der Waals surface area contributed by atoms with Gasteiger partial charge in [0.1, 0.15) is 11.3 Å². The molecule has 2 fully saturated rings. The van der Waals surface area contributed by atoms with E-state index in [0.717, 1.165) is 5.56 Å². The normalized spacial score (nSPS) is 34.9. The zero-order chi connectivity index (χ0) is 18.1. The molecular formula is C19H20N4O2. The molecule has 0 aromatic heterocycles. The van der Waals surface area contributed by atoms with E-state index in [4.69, 9.17) is 15.2 Å². The van der Waals surface area contributed by atoms with E-state index in [2.05, 4.69) is 37.9 Å². The zero-order valence-corrected chi connectivity index (χ0v) is 14.5. The first-order valence-corrected chi connectivity index (χ1v) is 8.36. The van der Waals surface area contributed by atoms with Gasteiger partial charge in [-0.3, -0.25) is 0 Å². The molecule has 0 radical (unpaired) electrons. The second kappa shape index (κ2) is 4.60.